The summed E-state index contributed by atoms with van der Waals surface area (Å²) in [7, 11) is 0. The van der Waals surface area contributed by atoms with E-state index in [4.69, 9.17) is 4.98 Å². The first-order valence-corrected chi connectivity index (χ1v) is 6.97. The normalized spacial score (nSPS) is 14.1. The molecule has 0 spiro atoms. The van der Waals surface area contributed by atoms with Gasteiger partial charge >= 0.3 is 0 Å². The highest BCUT2D eigenvalue weighted by molar-refractivity contribution is 5.69. The van der Waals surface area contributed by atoms with Crippen molar-refractivity contribution in [3.05, 3.63) is 34.5 Å². The fourth-order valence-corrected chi connectivity index (χ4v) is 2.85. The highest BCUT2D eigenvalue weighted by Crippen LogP contribution is 2.31. The summed E-state index contributed by atoms with van der Waals surface area (Å²) in [6, 6.07) is 4.53. The summed E-state index contributed by atoms with van der Waals surface area (Å²) in [6.07, 6.45) is 1.18. The molecule has 1 aromatic carbocycles. The monoisotopic (exact) mass is 255 g/mol. The molecule has 0 radical (unpaired) electrons. The predicted octanol–water partition coefficient (Wildman–Crippen LogP) is 3.60. The van der Waals surface area contributed by atoms with Gasteiger partial charge in [-0.2, -0.15) is 0 Å². The molecule has 3 rings (SSSR count). The number of benzene rings is 1. The van der Waals surface area contributed by atoms with Gasteiger partial charge < -0.3 is 9.88 Å². The minimum Gasteiger partial charge on any atom is -0.356 e. The van der Waals surface area contributed by atoms with Crippen LogP contribution in [0, 0.1) is 27.7 Å². The lowest BCUT2D eigenvalue weighted by Crippen LogP contribution is -2.17. The van der Waals surface area contributed by atoms with Crippen LogP contribution in [0.1, 0.15) is 28.8 Å². The molecule has 0 bridgehead atoms. The molecule has 1 aromatic heterocycles. The van der Waals surface area contributed by atoms with Crippen molar-refractivity contribution in [2.24, 2.45) is 0 Å². The van der Waals surface area contributed by atoms with Crippen molar-refractivity contribution in [3.63, 3.8) is 0 Å². The molecule has 0 amide bonds. The average Bonchev–Trinajstić information content (AvgIpc) is 2.72. The van der Waals surface area contributed by atoms with Crippen LogP contribution in [-0.4, -0.2) is 16.1 Å². The first-order chi connectivity index (χ1) is 9.08. The summed E-state index contributed by atoms with van der Waals surface area (Å²) in [6.45, 7) is 10.8. The van der Waals surface area contributed by atoms with Crippen LogP contribution in [-0.2, 0) is 6.54 Å². The zero-order chi connectivity index (χ0) is 13.6. The number of hydrogen-bond acceptors (Lipinski definition) is 2. The highest BCUT2D eigenvalue weighted by atomic mass is 15.2. The molecule has 100 valence electrons. The summed E-state index contributed by atoms with van der Waals surface area (Å²) in [5.41, 5.74) is 7.66. The number of hydrogen-bond donors (Lipinski definition) is 1. The van der Waals surface area contributed by atoms with E-state index >= 15 is 0 Å². The minimum atomic E-state index is 1.02. The molecular formula is C16H21N3. The first kappa shape index (κ1) is 12.3. The maximum absolute atomic E-state index is 4.80. The van der Waals surface area contributed by atoms with Crippen LogP contribution in [0.3, 0.4) is 0 Å². The van der Waals surface area contributed by atoms with Crippen LogP contribution in [0.15, 0.2) is 12.1 Å². The number of imidazole rings is 1. The first-order valence-electron chi connectivity index (χ1n) is 6.97. The van der Waals surface area contributed by atoms with Crippen LogP contribution < -0.4 is 5.32 Å². The molecule has 1 N–H and O–H groups in total. The molecular weight excluding hydrogens is 234 g/mol. The van der Waals surface area contributed by atoms with E-state index in [0.29, 0.717) is 0 Å². The maximum atomic E-state index is 4.80. The number of anilines is 1. The van der Waals surface area contributed by atoms with E-state index in [2.05, 4.69) is 49.7 Å². The molecule has 0 atom stereocenters. The van der Waals surface area contributed by atoms with Crippen molar-refractivity contribution in [2.45, 2.75) is 40.7 Å². The van der Waals surface area contributed by atoms with E-state index in [1.807, 2.05) is 0 Å². The summed E-state index contributed by atoms with van der Waals surface area (Å²) >= 11 is 0. The number of nitrogens with one attached hydrogen (secondary N) is 1. The fraction of sp³-hybridized carbons (Fsp3) is 0.438. The molecule has 0 unspecified atom stereocenters. The Labute approximate surface area is 114 Å². The third-order valence-electron chi connectivity index (χ3n) is 4.16. The average molecular weight is 255 g/mol. The molecule has 19 heavy (non-hydrogen) atoms. The van der Waals surface area contributed by atoms with Crippen molar-refractivity contribution in [1.82, 2.24) is 9.55 Å². The van der Waals surface area contributed by atoms with E-state index in [-0.39, 0.29) is 0 Å². The third kappa shape index (κ3) is 1.93. The Morgan fingerprint density at radius 1 is 1.05 bits per heavy atom. The molecule has 0 saturated carbocycles. The van der Waals surface area contributed by atoms with Gasteiger partial charge in [0.2, 0.25) is 5.95 Å². The lowest BCUT2D eigenvalue weighted by molar-refractivity contribution is 0.615. The van der Waals surface area contributed by atoms with E-state index in [1.165, 1.54) is 34.4 Å². The molecule has 2 aromatic rings. The van der Waals surface area contributed by atoms with Crippen LogP contribution in [0.5, 0.6) is 0 Å². The summed E-state index contributed by atoms with van der Waals surface area (Å²) in [4.78, 5) is 4.80. The van der Waals surface area contributed by atoms with Crippen LogP contribution in [0.2, 0.25) is 0 Å². The Morgan fingerprint density at radius 3 is 2.53 bits per heavy atom. The molecule has 0 fully saturated rings. The van der Waals surface area contributed by atoms with E-state index in [9.17, 15) is 0 Å². The van der Waals surface area contributed by atoms with E-state index in [0.717, 1.165) is 24.7 Å². The van der Waals surface area contributed by atoms with Gasteiger partial charge in [0.15, 0.2) is 0 Å². The van der Waals surface area contributed by atoms with E-state index in [1.54, 1.807) is 0 Å². The molecule has 1 aliphatic rings. The maximum Gasteiger partial charge on any atom is 0.203 e. The van der Waals surface area contributed by atoms with Crippen LogP contribution in [0.4, 0.5) is 5.95 Å². The lowest BCUT2D eigenvalue weighted by atomic mass is 9.98. The summed E-state index contributed by atoms with van der Waals surface area (Å²) in [5, 5.41) is 3.39. The van der Waals surface area contributed by atoms with Gasteiger partial charge in [-0.15, -0.1) is 0 Å². The van der Waals surface area contributed by atoms with Crippen LogP contribution >= 0.6 is 0 Å². The Balaban J connectivity index is 2.17. The summed E-state index contributed by atoms with van der Waals surface area (Å²) < 4.78 is 2.30. The highest BCUT2D eigenvalue weighted by Gasteiger charge is 2.18. The largest absolute Gasteiger partial charge is 0.356 e. The number of nitrogens with zero attached hydrogens (tertiary/aromatic N) is 2. The van der Waals surface area contributed by atoms with Gasteiger partial charge in [-0.05, 0) is 56.9 Å². The van der Waals surface area contributed by atoms with Gasteiger partial charge in [-0.1, -0.05) is 6.07 Å². The van der Waals surface area contributed by atoms with Gasteiger partial charge in [0.1, 0.15) is 0 Å². The van der Waals surface area contributed by atoms with Crippen molar-refractivity contribution in [2.75, 3.05) is 11.9 Å². The second kappa shape index (κ2) is 4.41. The topological polar surface area (TPSA) is 29.9 Å². The minimum absolute atomic E-state index is 1.02. The molecule has 0 aliphatic carbocycles. The molecule has 2 heterocycles. The number of rotatable bonds is 1. The Morgan fingerprint density at radius 2 is 1.79 bits per heavy atom. The van der Waals surface area contributed by atoms with Gasteiger partial charge in [0, 0.05) is 24.3 Å². The lowest BCUT2D eigenvalue weighted by Gasteiger charge is -2.16. The van der Waals surface area contributed by atoms with Gasteiger partial charge in [0.25, 0.3) is 0 Å². The van der Waals surface area contributed by atoms with E-state index < -0.39 is 0 Å². The van der Waals surface area contributed by atoms with Crippen molar-refractivity contribution in [3.8, 4) is 11.3 Å². The van der Waals surface area contributed by atoms with Crippen molar-refractivity contribution < 1.29 is 0 Å². The third-order valence-corrected chi connectivity index (χ3v) is 4.16. The smallest absolute Gasteiger partial charge is 0.203 e. The molecule has 3 heteroatoms. The second-order valence-corrected chi connectivity index (χ2v) is 5.55. The number of fused-ring (bicyclic) bond motifs is 1. The number of aromatic nitrogens is 2. The van der Waals surface area contributed by atoms with Gasteiger partial charge in [-0.3, -0.25) is 0 Å². The summed E-state index contributed by atoms with van der Waals surface area (Å²) in [5.74, 6) is 1.02. The van der Waals surface area contributed by atoms with Crippen molar-refractivity contribution in [1.29, 1.82) is 0 Å². The standard InChI is InChI=1S/C16H21N3/c1-10-8-12(3)14(9-11(10)2)15-13(4)19-7-5-6-17-16(19)18-15/h8-9H,5-7H2,1-4H3,(H,17,18). The van der Waals surface area contributed by atoms with Gasteiger partial charge in [-0.25, -0.2) is 4.98 Å². The van der Waals surface area contributed by atoms with Gasteiger partial charge in [0.05, 0.1) is 5.69 Å². The Hall–Kier alpha value is -1.77. The predicted molar refractivity (Wildman–Crippen MR) is 79.7 cm³/mol. The molecule has 0 saturated heterocycles. The SMILES string of the molecule is Cc1cc(C)c(-c2nc3n(c2C)CCCN3)cc1C. The van der Waals surface area contributed by atoms with Crippen LogP contribution in [0.25, 0.3) is 11.3 Å². The zero-order valence-electron chi connectivity index (χ0n) is 12.2. The number of aryl methyl sites for hydroxylation is 3. The Kier molecular flexibility index (Phi) is 2.85. The quantitative estimate of drug-likeness (QED) is 0.843. The molecule has 3 nitrogen and oxygen atoms in total. The second-order valence-electron chi connectivity index (χ2n) is 5.55. The molecule has 1 aliphatic heterocycles. The zero-order valence-corrected chi connectivity index (χ0v) is 12.2. The fourth-order valence-electron chi connectivity index (χ4n) is 2.85. The van der Waals surface area contributed by atoms with Crippen molar-refractivity contribution >= 4 is 5.95 Å². The Bertz CT molecular complexity index is 638.